The second kappa shape index (κ2) is 5.13. The van der Waals surface area contributed by atoms with Crippen LogP contribution >= 0.6 is 0 Å². The molecule has 2 atom stereocenters. The molecular weight excluding hydrogens is 276 g/mol. The van der Waals surface area contributed by atoms with Crippen molar-refractivity contribution in [2.24, 2.45) is 11.8 Å². The van der Waals surface area contributed by atoms with Crippen molar-refractivity contribution < 1.29 is 8.42 Å². The summed E-state index contributed by atoms with van der Waals surface area (Å²) in [5, 5.41) is 10.2. The Morgan fingerprint density at radius 1 is 1.40 bits per heavy atom. The fraction of sp³-hybridized carbons (Fsp3) is 0.769. The van der Waals surface area contributed by atoms with E-state index in [0.717, 1.165) is 6.42 Å². The molecular formula is C13H22N4O2S. The monoisotopic (exact) mass is 298 g/mol. The summed E-state index contributed by atoms with van der Waals surface area (Å²) in [4.78, 5) is 0.318. The van der Waals surface area contributed by atoms with E-state index >= 15 is 0 Å². The Hall–Kier alpha value is -0.920. The largest absolute Gasteiger partial charge is 0.308 e. The minimum Gasteiger partial charge on any atom is -0.308 e. The summed E-state index contributed by atoms with van der Waals surface area (Å²) in [5.41, 5.74) is 1.19. The van der Waals surface area contributed by atoms with Crippen LogP contribution in [-0.4, -0.2) is 31.2 Å². The maximum absolute atomic E-state index is 12.4. The maximum atomic E-state index is 12.4. The van der Waals surface area contributed by atoms with Crippen LogP contribution in [0.4, 0.5) is 0 Å². The molecule has 3 N–H and O–H groups in total. The molecule has 0 spiro atoms. The molecule has 0 saturated heterocycles. The summed E-state index contributed by atoms with van der Waals surface area (Å²) in [6.07, 6.45) is 3.45. The molecule has 112 valence electrons. The van der Waals surface area contributed by atoms with Gasteiger partial charge in [0, 0.05) is 19.1 Å². The second-order valence-corrected chi connectivity index (χ2v) is 7.81. The fourth-order valence-corrected chi connectivity index (χ4v) is 3.90. The van der Waals surface area contributed by atoms with Crippen molar-refractivity contribution in [2.45, 2.75) is 50.6 Å². The summed E-state index contributed by atoms with van der Waals surface area (Å²) >= 11 is 0. The molecule has 1 aromatic rings. The van der Waals surface area contributed by atoms with Gasteiger partial charge in [-0.15, -0.1) is 0 Å². The molecule has 0 amide bonds. The lowest BCUT2D eigenvalue weighted by atomic mass is 10.3. The van der Waals surface area contributed by atoms with Crippen molar-refractivity contribution in [3.63, 3.8) is 0 Å². The fourth-order valence-electron chi connectivity index (χ4n) is 2.45. The van der Waals surface area contributed by atoms with Gasteiger partial charge in [-0.25, -0.2) is 13.1 Å². The highest BCUT2D eigenvalue weighted by atomic mass is 32.2. The molecule has 0 aliphatic heterocycles. The van der Waals surface area contributed by atoms with E-state index in [4.69, 9.17) is 0 Å². The number of sulfonamides is 1. The van der Waals surface area contributed by atoms with Gasteiger partial charge in [-0.1, -0.05) is 6.92 Å². The molecule has 1 aromatic heterocycles. The van der Waals surface area contributed by atoms with Gasteiger partial charge in [0.2, 0.25) is 10.0 Å². The summed E-state index contributed by atoms with van der Waals surface area (Å²) in [7, 11) is -3.47. The Kier molecular flexibility index (Phi) is 3.60. The van der Waals surface area contributed by atoms with Crippen LogP contribution in [0.5, 0.6) is 0 Å². The smallest absolute Gasteiger partial charge is 0.244 e. The van der Waals surface area contributed by atoms with Crippen molar-refractivity contribution >= 4 is 10.0 Å². The lowest BCUT2D eigenvalue weighted by molar-refractivity contribution is 0.570. The molecule has 2 aliphatic rings. The molecule has 2 aliphatic carbocycles. The number of aromatic nitrogens is 2. The van der Waals surface area contributed by atoms with Gasteiger partial charge in [-0.3, -0.25) is 5.10 Å². The van der Waals surface area contributed by atoms with Crippen LogP contribution in [0.3, 0.4) is 0 Å². The van der Waals surface area contributed by atoms with E-state index in [0.29, 0.717) is 47.3 Å². The SMILES string of the molecule is Cc1[nH]nc(CNC2CC2)c1S(=O)(=O)NCC1CC1C. The highest BCUT2D eigenvalue weighted by molar-refractivity contribution is 7.89. The van der Waals surface area contributed by atoms with Gasteiger partial charge in [-0.05, 0) is 38.0 Å². The first-order chi connectivity index (χ1) is 9.47. The second-order valence-electron chi connectivity index (χ2n) is 6.10. The number of hydrogen-bond donors (Lipinski definition) is 3. The Morgan fingerprint density at radius 3 is 2.70 bits per heavy atom. The van der Waals surface area contributed by atoms with E-state index in [1.165, 1.54) is 12.8 Å². The molecule has 7 heteroatoms. The molecule has 0 radical (unpaired) electrons. The van der Waals surface area contributed by atoms with Crippen molar-refractivity contribution in [2.75, 3.05) is 6.54 Å². The van der Waals surface area contributed by atoms with Crippen LogP contribution in [0.25, 0.3) is 0 Å². The molecule has 0 aromatic carbocycles. The van der Waals surface area contributed by atoms with E-state index in [2.05, 4.69) is 27.2 Å². The van der Waals surface area contributed by atoms with Crippen molar-refractivity contribution in [3.8, 4) is 0 Å². The van der Waals surface area contributed by atoms with Gasteiger partial charge in [0.05, 0.1) is 11.4 Å². The van der Waals surface area contributed by atoms with E-state index < -0.39 is 10.0 Å². The molecule has 2 unspecified atom stereocenters. The predicted octanol–water partition coefficient (Wildman–Crippen LogP) is 0.904. The third-order valence-corrected chi connectivity index (χ3v) is 5.80. The average molecular weight is 298 g/mol. The van der Waals surface area contributed by atoms with Gasteiger partial charge >= 0.3 is 0 Å². The zero-order chi connectivity index (χ0) is 14.3. The Balaban J connectivity index is 1.70. The number of aromatic amines is 1. The average Bonchev–Trinajstić information content (AvgIpc) is 3.28. The third-order valence-electron chi connectivity index (χ3n) is 4.18. The minimum absolute atomic E-state index is 0.318. The number of H-pyrrole nitrogens is 1. The topological polar surface area (TPSA) is 86.9 Å². The van der Waals surface area contributed by atoms with Gasteiger partial charge in [0.25, 0.3) is 0 Å². The first-order valence-corrected chi connectivity index (χ1v) is 8.72. The molecule has 2 fully saturated rings. The van der Waals surface area contributed by atoms with E-state index in [9.17, 15) is 8.42 Å². The summed E-state index contributed by atoms with van der Waals surface area (Å²) in [6, 6.07) is 0.530. The van der Waals surface area contributed by atoms with E-state index in [-0.39, 0.29) is 0 Å². The predicted molar refractivity (Wildman–Crippen MR) is 75.6 cm³/mol. The van der Waals surface area contributed by atoms with Crippen LogP contribution in [0.2, 0.25) is 0 Å². The lowest BCUT2D eigenvalue weighted by Crippen LogP contribution is -2.28. The highest BCUT2D eigenvalue weighted by Crippen LogP contribution is 2.37. The molecule has 0 bridgehead atoms. The zero-order valence-electron chi connectivity index (χ0n) is 11.9. The van der Waals surface area contributed by atoms with Crippen LogP contribution in [0.15, 0.2) is 4.90 Å². The normalized spacial score (nSPS) is 25.9. The third kappa shape index (κ3) is 3.05. The molecule has 3 rings (SSSR count). The van der Waals surface area contributed by atoms with Crippen molar-refractivity contribution in [3.05, 3.63) is 11.4 Å². The quantitative estimate of drug-likeness (QED) is 0.698. The molecule has 20 heavy (non-hydrogen) atoms. The summed E-state index contributed by atoms with van der Waals surface area (Å²) in [6.45, 7) is 4.93. The van der Waals surface area contributed by atoms with Gasteiger partial charge < -0.3 is 5.32 Å². The Labute approximate surface area is 119 Å². The number of aryl methyl sites for hydroxylation is 1. The van der Waals surface area contributed by atoms with Gasteiger partial charge in [0.1, 0.15) is 4.90 Å². The number of nitrogens with one attached hydrogen (secondary N) is 3. The number of rotatable bonds is 7. The van der Waals surface area contributed by atoms with E-state index in [1.807, 2.05) is 0 Å². The van der Waals surface area contributed by atoms with Crippen molar-refractivity contribution in [1.29, 1.82) is 0 Å². The van der Waals surface area contributed by atoms with Crippen LogP contribution in [0.1, 0.15) is 37.6 Å². The Bertz CT molecular complexity index is 592. The summed E-state index contributed by atoms with van der Waals surface area (Å²) < 4.78 is 27.6. The molecule has 2 saturated carbocycles. The van der Waals surface area contributed by atoms with Gasteiger partial charge in [-0.2, -0.15) is 5.10 Å². The van der Waals surface area contributed by atoms with Crippen LogP contribution < -0.4 is 10.0 Å². The lowest BCUT2D eigenvalue weighted by Gasteiger charge is -2.08. The van der Waals surface area contributed by atoms with Crippen LogP contribution in [0, 0.1) is 18.8 Å². The Morgan fingerprint density at radius 2 is 2.10 bits per heavy atom. The zero-order valence-corrected chi connectivity index (χ0v) is 12.8. The van der Waals surface area contributed by atoms with Crippen LogP contribution in [-0.2, 0) is 16.6 Å². The minimum atomic E-state index is -3.47. The maximum Gasteiger partial charge on any atom is 0.244 e. The first kappa shape index (κ1) is 14.0. The first-order valence-electron chi connectivity index (χ1n) is 7.24. The highest BCUT2D eigenvalue weighted by Gasteiger charge is 2.34. The summed E-state index contributed by atoms with van der Waals surface area (Å²) in [5.74, 6) is 1.13. The number of nitrogens with zero attached hydrogens (tertiary/aromatic N) is 1. The van der Waals surface area contributed by atoms with Gasteiger partial charge in [0.15, 0.2) is 0 Å². The molecule has 6 nitrogen and oxygen atoms in total. The van der Waals surface area contributed by atoms with Crippen molar-refractivity contribution in [1.82, 2.24) is 20.2 Å². The van der Waals surface area contributed by atoms with E-state index in [1.54, 1.807) is 6.92 Å². The molecule has 1 heterocycles. The standard InChI is InChI=1S/C13H22N4O2S/c1-8-5-10(8)6-15-20(18,19)13-9(2)16-17-12(13)7-14-11-3-4-11/h8,10-11,14-15H,3-7H2,1-2H3,(H,16,17). The number of hydrogen-bond acceptors (Lipinski definition) is 4.